The summed E-state index contributed by atoms with van der Waals surface area (Å²) in [6.07, 6.45) is 0.444. The molecule has 1 aromatic rings. The van der Waals surface area contributed by atoms with E-state index in [-0.39, 0.29) is 5.91 Å². The number of rotatable bonds is 2. The summed E-state index contributed by atoms with van der Waals surface area (Å²) in [4.78, 5) is 9.59. The molecule has 0 saturated carbocycles. The van der Waals surface area contributed by atoms with E-state index in [2.05, 4.69) is 30.5 Å². The van der Waals surface area contributed by atoms with Crippen molar-refractivity contribution >= 4 is 18.5 Å². The Hall–Kier alpha value is -0.960. The fourth-order valence-electron chi connectivity index (χ4n) is 0.583. The topological polar surface area (TPSA) is 43.1 Å². The molecule has 0 saturated heterocycles. The predicted octanol–water partition coefficient (Wildman–Crippen LogP) is 2.00. The normalized spacial score (nSPS) is 8.46. The van der Waals surface area contributed by atoms with Gasteiger partial charge in [-0.1, -0.05) is 37.3 Å². The molecule has 0 radical (unpaired) electrons. The van der Waals surface area contributed by atoms with Gasteiger partial charge in [-0.15, -0.1) is 0 Å². The van der Waals surface area contributed by atoms with Gasteiger partial charge in [0.05, 0.1) is 0 Å². The summed E-state index contributed by atoms with van der Waals surface area (Å²) in [5, 5.41) is 0. The molecule has 0 spiro atoms. The van der Waals surface area contributed by atoms with Crippen molar-refractivity contribution in [2.45, 2.75) is 19.1 Å². The van der Waals surface area contributed by atoms with E-state index in [4.69, 9.17) is 0 Å². The Morgan fingerprint density at radius 2 is 1.85 bits per heavy atom. The van der Waals surface area contributed by atoms with Crippen LogP contribution in [0, 0.1) is 0 Å². The lowest BCUT2D eigenvalue weighted by Crippen LogP contribution is -2.06. The molecule has 0 aliphatic carbocycles. The molecule has 72 valence electrons. The van der Waals surface area contributed by atoms with Crippen LogP contribution in [-0.4, -0.2) is 5.91 Å². The first kappa shape index (κ1) is 12.0. The second-order valence-corrected chi connectivity index (χ2v) is 2.78. The molecule has 13 heavy (non-hydrogen) atoms. The molecule has 1 aromatic carbocycles. The lowest BCUT2D eigenvalue weighted by atomic mass is 10.2. The van der Waals surface area contributed by atoms with Crippen molar-refractivity contribution in [2.24, 2.45) is 5.73 Å². The molecule has 0 aliphatic rings. The molecule has 0 atom stereocenters. The van der Waals surface area contributed by atoms with Gasteiger partial charge in [-0.25, -0.2) is 0 Å². The number of carbonyl (C=O) groups excluding carboxylic acids is 1. The maximum Gasteiger partial charge on any atom is 0.217 e. The van der Waals surface area contributed by atoms with Crippen molar-refractivity contribution in [3.63, 3.8) is 0 Å². The molecule has 0 aliphatic heterocycles. The van der Waals surface area contributed by atoms with Gasteiger partial charge in [0.1, 0.15) is 0 Å². The Labute approximate surface area is 84.6 Å². The zero-order chi connectivity index (χ0) is 10.1. The summed E-state index contributed by atoms with van der Waals surface area (Å²) in [6, 6.07) is 10.2. The highest BCUT2D eigenvalue weighted by Gasteiger charge is 1.80. The quantitative estimate of drug-likeness (QED) is 0.700. The highest BCUT2D eigenvalue weighted by atomic mass is 32.1. The number of amides is 1. The highest BCUT2D eigenvalue weighted by molar-refractivity contribution is 7.79. The fourth-order valence-corrected chi connectivity index (χ4v) is 0.794. The summed E-state index contributed by atoms with van der Waals surface area (Å²) in [5.41, 5.74) is 5.93. The molecule has 1 amide bonds. The summed E-state index contributed by atoms with van der Waals surface area (Å²) in [5.74, 6) is 0.589. The van der Waals surface area contributed by atoms with E-state index >= 15 is 0 Å². The molecular formula is C10H15NOS. The molecule has 0 fully saturated rings. The average Bonchev–Trinajstić information content (AvgIpc) is 2.20. The van der Waals surface area contributed by atoms with Gasteiger partial charge in [0.15, 0.2) is 0 Å². The van der Waals surface area contributed by atoms with Gasteiger partial charge in [0.25, 0.3) is 0 Å². The lowest BCUT2D eigenvalue weighted by molar-refractivity contribution is -0.117. The minimum atomic E-state index is -0.245. The number of nitrogens with two attached hydrogens (primary N) is 1. The Morgan fingerprint density at radius 3 is 2.08 bits per heavy atom. The molecule has 0 bridgehead atoms. The van der Waals surface area contributed by atoms with Gasteiger partial charge < -0.3 is 5.73 Å². The van der Waals surface area contributed by atoms with Crippen LogP contribution < -0.4 is 5.73 Å². The first-order valence-electron chi connectivity index (χ1n) is 4.13. The summed E-state index contributed by atoms with van der Waals surface area (Å²) >= 11 is 4.11. The Balaban J connectivity index is 0.000000252. The Morgan fingerprint density at radius 1 is 1.38 bits per heavy atom. The van der Waals surface area contributed by atoms with Crippen LogP contribution >= 0.6 is 12.6 Å². The summed E-state index contributed by atoms with van der Waals surface area (Å²) < 4.78 is 0. The van der Waals surface area contributed by atoms with Crippen molar-refractivity contribution in [1.82, 2.24) is 0 Å². The second-order valence-electron chi connectivity index (χ2n) is 2.46. The largest absolute Gasteiger partial charge is 0.370 e. The Bertz CT molecular complexity index is 236. The van der Waals surface area contributed by atoms with Crippen molar-refractivity contribution in [3.05, 3.63) is 35.9 Å². The molecule has 1 rings (SSSR count). The van der Waals surface area contributed by atoms with E-state index in [1.807, 2.05) is 18.2 Å². The summed E-state index contributed by atoms with van der Waals surface area (Å²) in [6.45, 7) is 1.72. The maximum atomic E-state index is 9.59. The standard InChI is InChI=1S/C7H8S.C3H7NO/c8-6-7-4-2-1-3-5-7;1-2-3(4)5/h1-5,8H,6H2;2H2,1H3,(H2,4,5). The fraction of sp³-hybridized carbons (Fsp3) is 0.300. The summed E-state index contributed by atoms with van der Waals surface area (Å²) in [7, 11) is 0. The smallest absolute Gasteiger partial charge is 0.217 e. The zero-order valence-electron chi connectivity index (χ0n) is 7.73. The van der Waals surface area contributed by atoms with Crippen molar-refractivity contribution in [2.75, 3.05) is 0 Å². The molecule has 0 heterocycles. The number of hydrogen-bond acceptors (Lipinski definition) is 2. The zero-order valence-corrected chi connectivity index (χ0v) is 8.63. The van der Waals surface area contributed by atoms with Crippen LogP contribution in [0.25, 0.3) is 0 Å². The van der Waals surface area contributed by atoms with Crippen LogP contribution in [-0.2, 0) is 10.5 Å². The van der Waals surface area contributed by atoms with Gasteiger partial charge >= 0.3 is 0 Å². The van der Waals surface area contributed by atoms with E-state index in [0.29, 0.717) is 6.42 Å². The number of primary amides is 1. The SMILES string of the molecule is CCC(N)=O.SCc1ccccc1. The minimum Gasteiger partial charge on any atom is -0.370 e. The molecule has 2 nitrogen and oxygen atoms in total. The third kappa shape index (κ3) is 7.40. The van der Waals surface area contributed by atoms with E-state index in [1.165, 1.54) is 5.56 Å². The van der Waals surface area contributed by atoms with E-state index in [9.17, 15) is 4.79 Å². The van der Waals surface area contributed by atoms with Crippen LogP contribution in [0.5, 0.6) is 0 Å². The van der Waals surface area contributed by atoms with Gasteiger partial charge in [0.2, 0.25) is 5.91 Å². The van der Waals surface area contributed by atoms with E-state index in [1.54, 1.807) is 6.92 Å². The molecule has 0 aromatic heterocycles. The molecular weight excluding hydrogens is 182 g/mol. The highest BCUT2D eigenvalue weighted by Crippen LogP contribution is 2.00. The number of carbonyl (C=O) groups is 1. The maximum absolute atomic E-state index is 9.59. The molecule has 0 unspecified atom stereocenters. The lowest BCUT2D eigenvalue weighted by Gasteiger charge is -1.89. The Kier molecular flexibility index (Phi) is 7.11. The van der Waals surface area contributed by atoms with Crippen molar-refractivity contribution in [3.8, 4) is 0 Å². The van der Waals surface area contributed by atoms with Crippen LogP contribution in [0.1, 0.15) is 18.9 Å². The van der Waals surface area contributed by atoms with Crippen LogP contribution in [0.2, 0.25) is 0 Å². The predicted molar refractivity (Wildman–Crippen MR) is 58.6 cm³/mol. The molecule has 2 N–H and O–H groups in total. The van der Waals surface area contributed by atoms with Gasteiger partial charge in [-0.2, -0.15) is 12.6 Å². The van der Waals surface area contributed by atoms with Crippen molar-refractivity contribution < 1.29 is 4.79 Å². The number of thiol groups is 1. The first-order valence-corrected chi connectivity index (χ1v) is 4.77. The van der Waals surface area contributed by atoms with Crippen LogP contribution in [0.3, 0.4) is 0 Å². The van der Waals surface area contributed by atoms with E-state index < -0.39 is 0 Å². The van der Waals surface area contributed by atoms with Gasteiger partial charge in [0, 0.05) is 12.2 Å². The third-order valence-electron chi connectivity index (χ3n) is 1.37. The van der Waals surface area contributed by atoms with Gasteiger partial charge in [-0.05, 0) is 5.56 Å². The number of benzene rings is 1. The van der Waals surface area contributed by atoms with Crippen LogP contribution in [0.4, 0.5) is 0 Å². The monoisotopic (exact) mass is 197 g/mol. The third-order valence-corrected chi connectivity index (χ3v) is 1.74. The van der Waals surface area contributed by atoms with Gasteiger partial charge in [-0.3, -0.25) is 4.79 Å². The van der Waals surface area contributed by atoms with Crippen molar-refractivity contribution in [1.29, 1.82) is 0 Å². The first-order chi connectivity index (χ1) is 6.20. The van der Waals surface area contributed by atoms with E-state index in [0.717, 1.165) is 5.75 Å². The van der Waals surface area contributed by atoms with Crippen LogP contribution in [0.15, 0.2) is 30.3 Å². The average molecular weight is 197 g/mol. The number of hydrogen-bond donors (Lipinski definition) is 2. The minimum absolute atomic E-state index is 0.245. The molecule has 3 heteroatoms. The second kappa shape index (κ2) is 7.68.